The molecule has 112 valence electrons. The summed E-state index contributed by atoms with van der Waals surface area (Å²) in [7, 11) is 0. The maximum atomic E-state index is 11.2. The highest BCUT2D eigenvalue weighted by Crippen LogP contribution is 2.27. The standard InChI is InChI=1S/C14H24N4O2/c1-9(2)18(8-11(16)19)12-7-6-10(15)13(17-12)20-14(3,4)5/h6-7,9H,8,15H2,1-5H3,(H2,16,19). The summed E-state index contributed by atoms with van der Waals surface area (Å²) >= 11 is 0. The van der Waals surface area contributed by atoms with Crippen LogP contribution in [0.4, 0.5) is 11.5 Å². The number of amides is 1. The number of primary amides is 1. The Kier molecular flexibility index (Phi) is 4.81. The number of anilines is 2. The number of pyridine rings is 1. The molecule has 1 aromatic heterocycles. The van der Waals surface area contributed by atoms with E-state index in [1.165, 1.54) is 0 Å². The predicted octanol–water partition coefficient (Wildman–Crippen LogP) is 1.54. The third kappa shape index (κ3) is 4.60. The van der Waals surface area contributed by atoms with Gasteiger partial charge in [0.1, 0.15) is 11.4 Å². The zero-order chi connectivity index (χ0) is 15.5. The van der Waals surface area contributed by atoms with Crippen molar-refractivity contribution in [3.63, 3.8) is 0 Å². The van der Waals surface area contributed by atoms with Gasteiger partial charge in [-0.2, -0.15) is 4.98 Å². The van der Waals surface area contributed by atoms with Crippen molar-refractivity contribution < 1.29 is 9.53 Å². The van der Waals surface area contributed by atoms with Crippen LogP contribution in [0.15, 0.2) is 12.1 Å². The number of nitrogens with zero attached hydrogens (tertiary/aromatic N) is 2. The number of nitrogens with two attached hydrogens (primary N) is 2. The van der Waals surface area contributed by atoms with Crippen LogP contribution in [0.2, 0.25) is 0 Å². The van der Waals surface area contributed by atoms with E-state index in [1.54, 1.807) is 17.0 Å². The largest absolute Gasteiger partial charge is 0.470 e. The van der Waals surface area contributed by atoms with E-state index in [1.807, 2.05) is 34.6 Å². The van der Waals surface area contributed by atoms with Crippen molar-refractivity contribution in [1.82, 2.24) is 4.98 Å². The third-order valence-electron chi connectivity index (χ3n) is 2.52. The van der Waals surface area contributed by atoms with E-state index in [0.29, 0.717) is 17.4 Å². The molecular weight excluding hydrogens is 256 g/mol. The first kappa shape index (κ1) is 16.1. The van der Waals surface area contributed by atoms with E-state index in [0.717, 1.165) is 0 Å². The zero-order valence-corrected chi connectivity index (χ0v) is 12.8. The van der Waals surface area contributed by atoms with Gasteiger partial charge in [-0.1, -0.05) is 0 Å². The lowest BCUT2D eigenvalue weighted by molar-refractivity contribution is -0.116. The lowest BCUT2D eigenvalue weighted by Crippen LogP contribution is -2.39. The maximum absolute atomic E-state index is 11.2. The molecule has 0 fully saturated rings. The normalized spacial score (nSPS) is 11.5. The molecule has 1 rings (SSSR count). The van der Waals surface area contributed by atoms with Crippen molar-refractivity contribution in [3.8, 4) is 5.88 Å². The number of ether oxygens (including phenoxy) is 1. The van der Waals surface area contributed by atoms with E-state index >= 15 is 0 Å². The number of nitrogen functional groups attached to an aromatic ring is 1. The second-order valence-corrected chi connectivity index (χ2v) is 5.97. The molecule has 1 amide bonds. The van der Waals surface area contributed by atoms with Crippen LogP contribution in [-0.2, 0) is 4.79 Å². The first-order valence-electron chi connectivity index (χ1n) is 6.60. The number of carbonyl (C=O) groups excluding carboxylic acids is 1. The van der Waals surface area contributed by atoms with Gasteiger partial charge < -0.3 is 21.1 Å². The van der Waals surface area contributed by atoms with Crippen LogP contribution in [0.25, 0.3) is 0 Å². The molecular formula is C14H24N4O2. The second kappa shape index (κ2) is 5.98. The summed E-state index contributed by atoms with van der Waals surface area (Å²) in [5.74, 6) is 0.577. The molecule has 0 bridgehead atoms. The van der Waals surface area contributed by atoms with E-state index in [-0.39, 0.29) is 12.6 Å². The van der Waals surface area contributed by atoms with Gasteiger partial charge in [0.15, 0.2) is 0 Å². The lowest BCUT2D eigenvalue weighted by atomic mass is 10.2. The molecule has 1 heterocycles. The second-order valence-electron chi connectivity index (χ2n) is 5.97. The summed E-state index contributed by atoms with van der Waals surface area (Å²) in [6.45, 7) is 9.79. The van der Waals surface area contributed by atoms with Crippen molar-refractivity contribution >= 4 is 17.4 Å². The smallest absolute Gasteiger partial charge is 0.239 e. The van der Waals surface area contributed by atoms with E-state index in [2.05, 4.69) is 4.98 Å². The summed E-state index contributed by atoms with van der Waals surface area (Å²) < 4.78 is 5.73. The minimum Gasteiger partial charge on any atom is -0.470 e. The third-order valence-corrected chi connectivity index (χ3v) is 2.52. The number of hydrogen-bond acceptors (Lipinski definition) is 5. The highest BCUT2D eigenvalue weighted by atomic mass is 16.5. The molecule has 0 aromatic carbocycles. The van der Waals surface area contributed by atoms with Crippen LogP contribution in [0, 0.1) is 0 Å². The van der Waals surface area contributed by atoms with E-state index < -0.39 is 11.5 Å². The molecule has 0 spiro atoms. The quantitative estimate of drug-likeness (QED) is 0.853. The summed E-state index contributed by atoms with van der Waals surface area (Å²) in [4.78, 5) is 17.4. The van der Waals surface area contributed by atoms with Crippen molar-refractivity contribution in [1.29, 1.82) is 0 Å². The topological polar surface area (TPSA) is 94.5 Å². The molecule has 0 aliphatic heterocycles. The lowest BCUT2D eigenvalue weighted by Gasteiger charge is -2.28. The molecule has 6 nitrogen and oxygen atoms in total. The van der Waals surface area contributed by atoms with Gasteiger partial charge in [0.2, 0.25) is 11.8 Å². The molecule has 6 heteroatoms. The Morgan fingerprint density at radius 2 is 2.00 bits per heavy atom. The first-order valence-corrected chi connectivity index (χ1v) is 6.60. The molecule has 0 radical (unpaired) electrons. The van der Waals surface area contributed by atoms with Gasteiger partial charge in [-0.05, 0) is 46.8 Å². The highest BCUT2D eigenvalue weighted by Gasteiger charge is 2.19. The fraction of sp³-hybridized carbons (Fsp3) is 0.571. The average Bonchev–Trinajstić information content (AvgIpc) is 2.27. The van der Waals surface area contributed by atoms with Crippen molar-refractivity contribution in [2.75, 3.05) is 17.2 Å². The van der Waals surface area contributed by atoms with Gasteiger partial charge in [-0.15, -0.1) is 0 Å². The Morgan fingerprint density at radius 1 is 1.40 bits per heavy atom. The summed E-state index contributed by atoms with van der Waals surface area (Å²) in [5.41, 5.74) is 11.2. The minimum atomic E-state index is -0.407. The molecule has 1 aromatic rings. The van der Waals surface area contributed by atoms with Gasteiger partial charge in [0.05, 0.1) is 12.2 Å². The van der Waals surface area contributed by atoms with Gasteiger partial charge in [-0.25, -0.2) is 0 Å². The number of aromatic nitrogens is 1. The predicted molar refractivity (Wildman–Crippen MR) is 80.7 cm³/mol. The Labute approximate surface area is 120 Å². The van der Waals surface area contributed by atoms with Gasteiger partial charge in [0.25, 0.3) is 0 Å². The first-order chi connectivity index (χ1) is 9.10. The number of hydrogen-bond donors (Lipinski definition) is 2. The SMILES string of the molecule is CC(C)N(CC(N)=O)c1ccc(N)c(OC(C)(C)C)n1. The van der Waals surface area contributed by atoms with Crippen LogP contribution >= 0.6 is 0 Å². The fourth-order valence-electron chi connectivity index (χ4n) is 1.67. The van der Waals surface area contributed by atoms with Crippen LogP contribution in [0.5, 0.6) is 5.88 Å². The Balaban J connectivity index is 3.11. The number of rotatable bonds is 5. The molecule has 0 atom stereocenters. The maximum Gasteiger partial charge on any atom is 0.239 e. The Bertz CT molecular complexity index is 481. The van der Waals surface area contributed by atoms with Gasteiger partial charge in [0, 0.05) is 6.04 Å². The molecule has 0 aliphatic carbocycles. The van der Waals surface area contributed by atoms with Crippen molar-refractivity contribution in [3.05, 3.63) is 12.1 Å². The summed E-state index contributed by atoms with van der Waals surface area (Å²) in [6, 6.07) is 3.56. The fourth-order valence-corrected chi connectivity index (χ4v) is 1.67. The van der Waals surface area contributed by atoms with Gasteiger partial charge >= 0.3 is 0 Å². The zero-order valence-electron chi connectivity index (χ0n) is 12.8. The number of carbonyl (C=O) groups is 1. The molecule has 0 saturated carbocycles. The highest BCUT2D eigenvalue weighted by molar-refractivity contribution is 5.79. The molecule has 0 unspecified atom stereocenters. The van der Waals surface area contributed by atoms with Crippen LogP contribution in [-0.4, -0.2) is 29.1 Å². The molecule has 0 aliphatic rings. The minimum absolute atomic E-state index is 0.0844. The summed E-state index contributed by atoms with van der Waals surface area (Å²) in [5, 5.41) is 0. The van der Waals surface area contributed by atoms with E-state index in [9.17, 15) is 4.79 Å². The van der Waals surface area contributed by atoms with Crippen LogP contribution in [0.1, 0.15) is 34.6 Å². The molecule has 0 saturated heterocycles. The molecule has 20 heavy (non-hydrogen) atoms. The van der Waals surface area contributed by atoms with Crippen LogP contribution < -0.4 is 21.1 Å². The summed E-state index contributed by atoms with van der Waals surface area (Å²) in [6.07, 6.45) is 0. The molecule has 4 N–H and O–H groups in total. The average molecular weight is 280 g/mol. The monoisotopic (exact) mass is 280 g/mol. The van der Waals surface area contributed by atoms with Crippen molar-refractivity contribution in [2.45, 2.75) is 46.3 Å². The Morgan fingerprint density at radius 3 is 2.45 bits per heavy atom. The Hall–Kier alpha value is -1.98. The van der Waals surface area contributed by atoms with Crippen LogP contribution in [0.3, 0.4) is 0 Å². The van der Waals surface area contributed by atoms with Crippen molar-refractivity contribution in [2.24, 2.45) is 5.73 Å². The van der Waals surface area contributed by atoms with E-state index in [4.69, 9.17) is 16.2 Å². The van der Waals surface area contributed by atoms with Gasteiger partial charge in [-0.3, -0.25) is 4.79 Å².